The number of benzene rings is 3. The van der Waals surface area contributed by atoms with Gasteiger partial charge in [0.1, 0.15) is 17.7 Å². The molecule has 1 atom stereocenters. The Bertz CT molecular complexity index is 1270. The van der Waals surface area contributed by atoms with E-state index in [1.165, 1.54) is 12.1 Å². The fourth-order valence-corrected chi connectivity index (χ4v) is 4.44. The van der Waals surface area contributed by atoms with Crippen LogP contribution in [0.3, 0.4) is 0 Å². The molecular formula is C26H24Cl2FN3O. The van der Waals surface area contributed by atoms with Gasteiger partial charge in [0.15, 0.2) is 0 Å². The number of fused-ring (bicyclic) bond motifs is 1. The number of hydrogen-bond acceptors (Lipinski definition) is 2. The molecule has 0 fully saturated rings. The second-order valence-electron chi connectivity index (χ2n) is 7.95. The van der Waals surface area contributed by atoms with Crippen molar-refractivity contribution in [3.8, 4) is 0 Å². The van der Waals surface area contributed by atoms with Crippen LogP contribution in [0.5, 0.6) is 0 Å². The first kappa shape index (κ1) is 23.3. The fourth-order valence-electron chi connectivity index (χ4n) is 3.96. The lowest BCUT2D eigenvalue weighted by molar-refractivity contribution is -0.124. The molecule has 33 heavy (non-hydrogen) atoms. The molecule has 7 heteroatoms. The molecule has 0 unspecified atom stereocenters. The molecule has 0 saturated carbocycles. The Morgan fingerprint density at radius 1 is 1.09 bits per heavy atom. The largest absolute Gasteiger partial charge is 0.350 e. The molecule has 0 aliphatic rings. The minimum Gasteiger partial charge on any atom is -0.350 e. The minimum atomic E-state index is -0.441. The molecule has 4 nitrogen and oxygen atoms in total. The van der Waals surface area contributed by atoms with Crippen LogP contribution in [0.15, 0.2) is 66.7 Å². The number of halogens is 3. The van der Waals surface area contributed by atoms with Crippen molar-refractivity contribution in [2.75, 3.05) is 0 Å². The molecule has 1 heterocycles. The Labute approximate surface area is 202 Å². The van der Waals surface area contributed by atoms with Crippen molar-refractivity contribution >= 4 is 40.1 Å². The van der Waals surface area contributed by atoms with E-state index in [1.807, 2.05) is 34.9 Å². The highest BCUT2D eigenvalue weighted by atomic mass is 35.5. The fraction of sp³-hybridized carbons (Fsp3) is 0.231. The average Bonchev–Trinajstić information content (AvgIpc) is 3.16. The predicted octanol–water partition coefficient (Wildman–Crippen LogP) is 6.73. The summed E-state index contributed by atoms with van der Waals surface area (Å²) in [4.78, 5) is 18.2. The smallest absolute Gasteiger partial charge is 0.243 e. The summed E-state index contributed by atoms with van der Waals surface area (Å²) in [5.74, 6) is 0.355. The van der Waals surface area contributed by atoms with Crippen LogP contribution in [-0.2, 0) is 17.8 Å². The molecule has 0 bridgehead atoms. The van der Waals surface area contributed by atoms with Crippen molar-refractivity contribution < 1.29 is 9.18 Å². The number of para-hydroxylation sites is 2. The number of aromatic nitrogens is 2. The van der Waals surface area contributed by atoms with Crippen LogP contribution in [0, 0.1) is 5.82 Å². The van der Waals surface area contributed by atoms with Crippen molar-refractivity contribution in [2.45, 2.75) is 38.8 Å². The van der Waals surface area contributed by atoms with Crippen LogP contribution in [0.25, 0.3) is 11.0 Å². The third-order valence-corrected chi connectivity index (χ3v) is 6.18. The maximum Gasteiger partial charge on any atom is 0.243 e. The van der Waals surface area contributed by atoms with Gasteiger partial charge < -0.3 is 9.88 Å². The number of hydrogen-bond donors (Lipinski definition) is 1. The zero-order valence-electron chi connectivity index (χ0n) is 18.2. The third-order valence-electron chi connectivity index (χ3n) is 5.59. The molecule has 0 saturated heterocycles. The molecule has 170 valence electrons. The molecular weight excluding hydrogens is 460 g/mol. The van der Waals surface area contributed by atoms with E-state index in [0.29, 0.717) is 29.4 Å². The van der Waals surface area contributed by atoms with E-state index in [-0.39, 0.29) is 11.7 Å². The van der Waals surface area contributed by atoms with Crippen molar-refractivity contribution in [3.63, 3.8) is 0 Å². The SMILES string of the molecule is CCC[C@H](C(=O)NCc1ccc(F)cc1)n1c(Cc2ccc(Cl)cc2Cl)nc2ccccc21. The van der Waals surface area contributed by atoms with Gasteiger partial charge in [-0.15, -0.1) is 0 Å². The normalized spacial score (nSPS) is 12.1. The second-order valence-corrected chi connectivity index (χ2v) is 8.79. The van der Waals surface area contributed by atoms with Crippen molar-refractivity contribution in [1.82, 2.24) is 14.9 Å². The molecule has 0 aliphatic heterocycles. The van der Waals surface area contributed by atoms with E-state index in [1.54, 1.807) is 24.3 Å². The number of nitrogens with zero attached hydrogens (tertiary/aromatic N) is 2. The third kappa shape index (κ3) is 5.37. The lowest BCUT2D eigenvalue weighted by Gasteiger charge is -2.21. The number of carbonyl (C=O) groups excluding carboxylic acids is 1. The zero-order valence-corrected chi connectivity index (χ0v) is 19.7. The number of carbonyl (C=O) groups is 1. The monoisotopic (exact) mass is 483 g/mol. The maximum atomic E-state index is 13.4. The number of imidazole rings is 1. The zero-order chi connectivity index (χ0) is 23.4. The van der Waals surface area contributed by atoms with E-state index in [0.717, 1.165) is 34.4 Å². The van der Waals surface area contributed by atoms with E-state index >= 15 is 0 Å². The molecule has 4 aromatic rings. The molecule has 0 spiro atoms. The van der Waals surface area contributed by atoms with Crippen LogP contribution in [0.2, 0.25) is 10.0 Å². The standard InChI is InChI=1S/C26H24Cl2FN3O/c1-2-5-24(26(33)30-16-17-8-12-20(29)13-9-17)32-23-7-4-3-6-22(23)31-25(32)14-18-10-11-19(27)15-21(18)28/h3-4,6-13,15,24H,2,5,14,16H2,1H3,(H,30,33)/t24-/m1/s1. The molecule has 3 aromatic carbocycles. The van der Waals surface area contributed by atoms with Crippen LogP contribution in [-0.4, -0.2) is 15.5 Å². The van der Waals surface area contributed by atoms with Gasteiger partial charge in [0.05, 0.1) is 11.0 Å². The molecule has 1 amide bonds. The van der Waals surface area contributed by atoms with Gasteiger partial charge in [0.25, 0.3) is 0 Å². The van der Waals surface area contributed by atoms with Crippen LogP contribution in [0.4, 0.5) is 4.39 Å². The Hall–Kier alpha value is -2.89. The molecule has 0 aliphatic carbocycles. The minimum absolute atomic E-state index is 0.104. The highest BCUT2D eigenvalue weighted by Gasteiger charge is 2.25. The molecule has 1 N–H and O–H groups in total. The first-order valence-electron chi connectivity index (χ1n) is 10.9. The molecule has 4 rings (SSSR count). The lowest BCUT2D eigenvalue weighted by atomic mass is 10.1. The van der Waals surface area contributed by atoms with Gasteiger partial charge in [0.2, 0.25) is 5.91 Å². The highest BCUT2D eigenvalue weighted by molar-refractivity contribution is 6.35. The van der Waals surface area contributed by atoms with Gasteiger partial charge in [-0.2, -0.15) is 0 Å². The first-order valence-corrected chi connectivity index (χ1v) is 11.6. The van der Waals surface area contributed by atoms with E-state index < -0.39 is 6.04 Å². The summed E-state index contributed by atoms with van der Waals surface area (Å²) in [6, 6.07) is 18.9. The Morgan fingerprint density at radius 3 is 2.58 bits per heavy atom. The first-order chi connectivity index (χ1) is 16.0. The highest BCUT2D eigenvalue weighted by Crippen LogP contribution is 2.29. The van der Waals surface area contributed by atoms with Gasteiger partial charge in [-0.1, -0.05) is 66.9 Å². The average molecular weight is 484 g/mol. The maximum absolute atomic E-state index is 13.4. The Kier molecular flexibility index (Phi) is 7.31. The summed E-state index contributed by atoms with van der Waals surface area (Å²) in [7, 11) is 0. The van der Waals surface area contributed by atoms with Gasteiger partial charge in [0, 0.05) is 23.0 Å². The van der Waals surface area contributed by atoms with Crippen molar-refractivity contribution in [2.24, 2.45) is 0 Å². The summed E-state index contributed by atoms with van der Waals surface area (Å²) >= 11 is 12.5. The van der Waals surface area contributed by atoms with Crippen LogP contribution in [0.1, 0.15) is 42.8 Å². The van der Waals surface area contributed by atoms with Crippen LogP contribution < -0.4 is 5.32 Å². The van der Waals surface area contributed by atoms with Gasteiger partial charge in [-0.3, -0.25) is 4.79 Å². The van der Waals surface area contributed by atoms with E-state index in [9.17, 15) is 9.18 Å². The summed E-state index contributed by atoms with van der Waals surface area (Å²) in [6.07, 6.45) is 1.94. The molecule has 0 radical (unpaired) electrons. The summed E-state index contributed by atoms with van der Waals surface area (Å²) < 4.78 is 15.2. The number of nitrogens with one attached hydrogen (secondary N) is 1. The number of amides is 1. The van der Waals surface area contributed by atoms with Gasteiger partial charge in [-0.05, 0) is 53.9 Å². The van der Waals surface area contributed by atoms with Gasteiger partial charge in [-0.25, -0.2) is 9.37 Å². The number of rotatable bonds is 8. The summed E-state index contributed by atoms with van der Waals surface area (Å²) in [6.45, 7) is 2.37. The summed E-state index contributed by atoms with van der Waals surface area (Å²) in [5, 5.41) is 4.15. The Balaban J connectivity index is 1.68. The van der Waals surface area contributed by atoms with Gasteiger partial charge >= 0.3 is 0 Å². The topological polar surface area (TPSA) is 46.9 Å². The van der Waals surface area contributed by atoms with Crippen molar-refractivity contribution in [1.29, 1.82) is 0 Å². The quantitative estimate of drug-likeness (QED) is 0.302. The molecule has 1 aromatic heterocycles. The summed E-state index contributed by atoms with van der Waals surface area (Å²) in [5.41, 5.74) is 3.45. The van der Waals surface area contributed by atoms with E-state index in [4.69, 9.17) is 28.2 Å². The van der Waals surface area contributed by atoms with E-state index in [2.05, 4.69) is 12.2 Å². The van der Waals surface area contributed by atoms with Crippen molar-refractivity contribution in [3.05, 3.63) is 99.5 Å². The predicted molar refractivity (Wildman–Crippen MR) is 131 cm³/mol. The second kappa shape index (κ2) is 10.4. The Morgan fingerprint density at radius 2 is 1.85 bits per heavy atom. The lowest BCUT2D eigenvalue weighted by Crippen LogP contribution is -2.33. The van der Waals surface area contributed by atoms with Crippen LogP contribution >= 0.6 is 23.2 Å².